The fourth-order valence-corrected chi connectivity index (χ4v) is 8.44. The van der Waals surface area contributed by atoms with Crippen LogP contribution >= 0.6 is 39.1 Å². The zero-order valence-corrected chi connectivity index (χ0v) is 24.5. The van der Waals surface area contributed by atoms with Gasteiger partial charge in [-0.25, -0.2) is 4.39 Å². The van der Waals surface area contributed by atoms with Gasteiger partial charge in [0, 0.05) is 12.5 Å². The van der Waals surface area contributed by atoms with Gasteiger partial charge in [0.25, 0.3) is 11.8 Å². The van der Waals surface area contributed by atoms with E-state index in [1.54, 1.807) is 18.2 Å². The maximum Gasteiger partial charge on any atom is 0.254 e. The van der Waals surface area contributed by atoms with Gasteiger partial charge in [-0.1, -0.05) is 45.8 Å². The first-order valence-corrected chi connectivity index (χ1v) is 14.9. The molecule has 2 aliphatic heterocycles. The molecule has 6 atom stereocenters. The maximum atomic E-state index is 14.6. The summed E-state index contributed by atoms with van der Waals surface area (Å²) in [6.45, 7) is 0.129. The van der Waals surface area contributed by atoms with Gasteiger partial charge in [0.15, 0.2) is 21.3 Å². The molecule has 214 valence electrons. The van der Waals surface area contributed by atoms with Gasteiger partial charge in [-0.3, -0.25) is 29.0 Å². The molecule has 0 unspecified atom stereocenters. The molecule has 12 heteroatoms. The molecule has 2 heterocycles. The third kappa shape index (κ3) is 3.90. The molecule has 4 amide bonds. The number of benzene rings is 2. The van der Waals surface area contributed by atoms with Crippen LogP contribution in [0.5, 0.6) is 11.5 Å². The Kier molecular flexibility index (Phi) is 6.75. The van der Waals surface area contributed by atoms with E-state index in [2.05, 4.69) is 15.9 Å². The van der Waals surface area contributed by atoms with Crippen LogP contribution in [-0.4, -0.2) is 65.4 Å². The predicted molar refractivity (Wildman–Crippen MR) is 150 cm³/mol. The average Bonchev–Trinajstić information content (AvgIpc) is 3.27. The van der Waals surface area contributed by atoms with Gasteiger partial charge in [-0.05, 0) is 60.6 Å². The number of imide groups is 2. The summed E-state index contributed by atoms with van der Waals surface area (Å²) in [6, 6.07) is 10.1. The average molecular weight is 666 g/mol. The number of fused-ring (bicyclic) bond motifs is 4. The fraction of sp³-hybridized carbons (Fsp3) is 0.379. The molecule has 6 rings (SSSR count). The van der Waals surface area contributed by atoms with E-state index in [1.165, 1.54) is 23.1 Å². The summed E-state index contributed by atoms with van der Waals surface area (Å²) in [6.07, 6.45) is 2.18. The molecule has 0 aromatic heterocycles. The summed E-state index contributed by atoms with van der Waals surface area (Å²) in [5.41, 5.74) is 1.43. The second-order valence-electron chi connectivity index (χ2n) is 10.9. The number of nitrogens with zero attached hydrogens (tertiary/aromatic N) is 2. The van der Waals surface area contributed by atoms with Crippen molar-refractivity contribution in [3.05, 3.63) is 71.1 Å². The van der Waals surface area contributed by atoms with E-state index in [-0.39, 0.29) is 42.1 Å². The SMILES string of the molecule is O=C1[C@H]2[C@H](CC=C3[C@H]2C[C@@]2(Cl)C(=O)N(CBr)C(=O)[C@@]2(Cl)[C@H]3c2ccc(O)c(F)c2)C(=O)N1CCc1ccc(O)cc1. The highest BCUT2D eigenvalue weighted by Gasteiger charge is 2.76. The number of rotatable bonds is 5. The third-order valence-corrected chi connectivity index (χ3v) is 10.9. The number of alkyl halides is 3. The Bertz CT molecular complexity index is 1540. The topological polar surface area (TPSA) is 115 Å². The lowest BCUT2D eigenvalue weighted by atomic mass is 9.56. The number of phenolic OH excluding ortho intramolecular Hbond substituents is 2. The van der Waals surface area contributed by atoms with Crippen LogP contribution < -0.4 is 0 Å². The highest BCUT2D eigenvalue weighted by atomic mass is 79.9. The number of carbonyl (C=O) groups excluding carboxylic acids is 4. The Morgan fingerprint density at radius 2 is 1.66 bits per heavy atom. The summed E-state index contributed by atoms with van der Waals surface area (Å²) in [5, 5.41) is 19.4. The molecule has 41 heavy (non-hydrogen) atoms. The zero-order valence-electron chi connectivity index (χ0n) is 21.4. The van der Waals surface area contributed by atoms with Crippen molar-refractivity contribution in [2.45, 2.75) is 34.9 Å². The fourth-order valence-electron chi connectivity index (χ4n) is 7.02. The number of allylic oxidation sites excluding steroid dienone is 2. The van der Waals surface area contributed by atoms with Crippen molar-refractivity contribution in [1.82, 2.24) is 9.80 Å². The Balaban J connectivity index is 1.41. The summed E-state index contributed by atoms with van der Waals surface area (Å²) >= 11 is 17.4. The molecule has 8 nitrogen and oxygen atoms in total. The summed E-state index contributed by atoms with van der Waals surface area (Å²) < 4.78 is 14.6. The van der Waals surface area contributed by atoms with Crippen molar-refractivity contribution in [1.29, 1.82) is 0 Å². The number of hydrogen-bond acceptors (Lipinski definition) is 6. The van der Waals surface area contributed by atoms with Crippen LogP contribution in [0.15, 0.2) is 54.1 Å². The number of carbonyl (C=O) groups is 4. The molecular formula is C29H24BrCl2FN2O6. The monoisotopic (exact) mass is 664 g/mol. The normalized spacial score (nSPS) is 32.6. The molecule has 0 radical (unpaired) electrons. The second-order valence-corrected chi connectivity index (χ2v) is 12.7. The van der Waals surface area contributed by atoms with E-state index in [0.29, 0.717) is 12.0 Å². The molecule has 2 aromatic rings. The largest absolute Gasteiger partial charge is 0.508 e. The lowest BCUT2D eigenvalue weighted by molar-refractivity contribution is -0.141. The number of phenols is 2. The number of hydrogen-bond donors (Lipinski definition) is 2. The predicted octanol–water partition coefficient (Wildman–Crippen LogP) is 4.19. The van der Waals surface area contributed by atoms with Gasteiger partial charge in [0.05, 0.1) is 17.3 Å². The van der Waals surface area contributed by atoms with Crippen molar-refractivity contribution in [2.24, 2.45) is 17.8 Å². The number of aromatic hydroxyl groups is 2. The molecule has 0 bridgehead atoms. The van der Waals surface area contributed by atoms with Crippen LogP contribution in [0.25, 0.3) is 0 Å². The van der Waals surface area contributed by atoms with Gasteiger partial charge < -0.3 is 10.2 Å². The Morgan fingerprint density at radius 3 is 2.32 bits per heavy atom. The van der Waals surface area contributed by atoms with Crippen molar-refractivity contribution in [3.8, 4) is 11.5 Å². The standard InChI is InChI=1S/C29H24BrCl2FN2O6/c30-13-35-26(40)28(31)12-19-17(23(29(28,32)27(35)41)15-3-8-21(37)20(33)11-15)6-7-18-22(19)25(39)34(24(18)38)10-9-14-1-4-16(36)5-2-14/h1-6,8,11,18-19,22-23,36-37H,7,9-10,12-13H2/t18-,19+,22-,23-,28+,29-/m0/s1. The first kappa shape index (κ1) is 28.2. The van der Waals surface area contributed by atoms with Crippen molar-refractivity contribution >= 4 is 62.8 Å². The molecule has 2 aliphatic carbocycles. The van der Waals surface area contributed by atoms with Gasteiger partial charge in [-0.2, -0.15) is 0 Å². The molecule has 1 saturated carbocycles. The van der Waals surface area contributed by atoms with Crippen molar-refractivity contribution in [3.63, 3.8) is 0 Å². The van der Waals surface area contributed by atoms with E-state index in [4.69, 9.17) is 23.2 Å². The van der Waals surface area contributed by atoms with E-state index < -0.39 is 62.7 Å². The first-order valence-electron chi connectivity index (χ1n) is 13.1. The van der Waals surface area contributed by atoms with Gasteiger partial charge in [0.1, 0.15) is 5.75 Å². The van der Waals surface area contributed by atoms with Crippen molar-refractivity contribution < 1.29 is 33.8 Å². The van der Waals surface area contributed by atoms with Crippen LogP contribution in [0, 0.1) is 23.6 Å². The lowest BCUT2D eigenvalue weighted by Crippen LogP contribution is -2.60. The Morgan fingerprint density at radius 1 is 0.951 bits per heavy atom. The molecule has 0 spiro atoms. The Labute approximate surface area is 252 Å². The number of halogens is 4. The summed E-state index contributed by atoms with van der Waals surface area (Å²) in [4.78, 5) is 52.8. The molecule has 2 N–H and O–H groups in total. The summed E-state index contributed by atoms with van der Waals surface area (Å²) in [5.74, 6) is -7.01. The quantitative estimate of drug-likeness (QED) is 0.214. The van der Waals surface area contributed by atoms with Gasteiger partial charge in [0.2, 0.25) is 11.8 Å². The van der Waals surface area contributed by atoms with E-state index in [1.807, 2.05) is 0 Å². The van der Waals surface area contributed by atoms with Crippen LogP contribution in [0.3, 0.4) is 0 Å². The van der Waals surface area contributed by atoms with Crippen LogP contribution in [-0.2, 0) is 25.6 Å². The summed E-state index contributed by atoms with van der Waals surface area (Å²) in [7, 11) is 0. The minimum absolute atomic E-state index is 0.107. The van der Waals surface area contributed by atoms with Crippen LogP contribution in [0.2, 0.25) is 0 Å². The molecular weight excluding hydrogens is 642 g/mol. The lowest BCUT2D eigenvalue weighted by Gasteiger charge is -2.50. The zero-order chi connectivity index (χ0) is 29.4. The number of amides is 4. The second kappa shape index (κ2) is 9.81. The van der Waals surface area contributed by atoms with Crippen LogP contribution in [0.1, 0.15) is 29.9 Å². The Hall–Kier alpha value is -2.95. The highest BCUT2D eigenvalue weighted by molar-refractivity contribution is 9.09. The first-order chi connectivity index (χ1) is 19.4. The molecule has 4 aliphatic rings. The minimum atomic E-state index is -2.04. The van der Waals surface area contributed by atoms with Crippen molar-refractivity contribution in [2.75, 3.05) is 12.0 Å². The third-order valence-electron chi connectivity index (χ3n) is 8.97. The van der Waals surface area contributed by atoms with E-state index in [0.717, 1.165) is 22.6 Å². The highest BCUT2D eigenvalue weighted by Crippen LogP contribution is 2.65. The molecule has 2 saturated heterocycles. The smallest absolute Gasteiger partial charge is 0.254 e. The molecule has 3 fully saturated rings. The number of likely N-dealkylation sites (tertiary alicyclic amines) is 2. The maximum absolute atomic E-state index is 14.6. The van der Waals surface area contributed by atoms with Gasteiger partial charge in [-0.15, -0.1) is 23.2 Å². The van der Waals surface area contributed by atoms with Crippen LogP contribution in [0.4, 0.5) is 4.39 Å². The molecule has 2 aromatic carbocycles. The van der Waals surface area contributed by atoms with E-state index in [9.17, 15) is 33.8 Å². The van der Waals surface area contributed by atoms with E-state index >= 15 is 0 Å². The van der Waals surface area contributed by atoms with Gasteiger partial charge >= 0.3 is 0 Å². The minimum Gasteiger partial charge on any atom is -0.508 e.